The van der Waals surface area contributed by atoms with Crippen LogP contribution >= 0.6 is 0 Å². The van der Waals surface area contributed by atoms with Gasteiger partial charge in [-0.15, -0.1) is 0 Å². The topological polar surface area (TPSA) is 27.8 Å². The predicted octanol–water partition coefficient (Wildman–Crippen LogP) is 2.72. The van der Waals surface area contributed by atoms with Crippen LogP contribution in [0.3, 0.4) is 0 Å². The lowest BCUT2D eigenvalue weighted by atomic mass is 10.00. The van der Waals surface area contributed by atoms with E-state index in [1.165, 1.54) is 17.7 Å². The highest BCUT2D eigenvalue weighted by atomic mass is 19.1. The van der Waals surface area contributed by atoms with E-state index in [1.54, 1.807) is 0 Å². The summed E-state index contributed by atoms with van der Waals surface area (Å²) in [6.45, 7) is 3.90. The third-order valence-corrected chi connectivity index (χ3v) is 2.86. The molecule has 2 heterocycles. The van der Waals surface area contributed by atoms with Crippen LogP contribution < -0.4 is 5.32 Å². The van der Waals surface area contributed by atoms with Gasteiger partial charge in [0.15, 0.2) is 0 Å². The summed E-state index contributed by atoms with van der Waals surface area (Å²) in [5, 5.41) is 4.10. The lowest BCUT2D eigenvalue weighted by Crippen LogP contribution is -2.15. The molecule has 0 fully saturated rings. The highest BCUT2D eigenvalue weighted by Crippen LogP contribution is 2.28. The number of hydrogen-bond donors (Lipinski definition) is 2. The molecule has 2 nitrogen and oxygen atoms in total. The van der Waals surface area contributed by atoms with Gasteiger partial charge in [-0.1, -0.05) is 6.08 Å². The molecule has 0 amide bonds. The van der Waals surface area contributed by atoms with Crippen LogP contribution in [0.5, 0.6) is 0 Å². The van der Waals surface area contributed by atoms with Crippen molar-refractivity contribution in [3.05, 3.63) is 48.4 Å². The summed E-state index contributed by atoms with van der Waals surface area (Å²) in [5.74, 6) is -0.210. The van der Waals surface area contributed by atoms with Crippen molar-refractivity contribution in [1.29, 1.82) is 0 Å². The van der Waals surface area contributed by atoms with E-state index in [4.69, 9.17) is 0 Å². The average molecular weight is 214 g/mol. The van der Waals surface area contributed by atoms with Crippen molar-refractivity contribution in [3.63, 3.8) is 0 Å². The summed E-state index contributed by atoms with van der Waals surface area (Å²) in [7, 11) is 0. The number of rotatable bonds is 1. The molecule has 1 aliphatic heterocycles. The molecule has 0 atom stereocenters. The fraction of sp³-hybridized carbons (Fsp3) is 0.154. The Kier molecular flexibility index (Phi) is 2.26. The molecule has 3 rings (SSSR count). The Morgan fingerprint density at radius 1 is 1.31 bits per heavy atom. The van der Waals surface area contributed by atoms with E-state index in [0.29, 0.717) is 0 Å². The summed E-state index contributed by atoms with van der Waals surface area (Å²) < 4.78 is 13.0. The molecule has 2 radical (unpaired) electrons. The van der Waals surface area contributed by atoms with E-state index in [1.807, 2.05) is 18.3 Å². The molecule has 2 N–H and O–H groups in total. The number of aromatic amines is 1. The number of benzene rings is 1. The standard InChI is InChI=1S/C13H11FN2/c14-10-1-2-11-12(8-16-13(11)7-10)9-3-5-15-6-4-9/h1-3,7-8,15-16H,4,6H2. The average Bonchev–Trinajstić information content (AvgIpc) is 2.73. The number of nitrogens with one attached hydrogen (secondary N) is 2. The second-order valence-corrected chi connectivity index (χ2v) is 3.88. The molecular weight excluding hydrogens is 203 g/mol. The number of aromatic nitrogens is 1. The van der Waals surface area contributed by atoms with Gasteiger partial charge in [-0.25, -0.2) is 4.39 Å². The van der Waals surface area contributed by atoms with Crippen molar-refractivity contribution < 1.29 is 4.39 Å². The van der Waals surface area contributed by atoms with E-state index >= 15 is 0 Å². The minimum atomic E-state index is -0.210. The molecule has 0 saturated heterocycles. The van der Waals surface area contributed by atoms with Crippen molar-refractivity contribution in [2.24, 2.45) is 0 Å². The smallest absolute Gasteiger partial charge is 0.125 e. The largest absolute Gasteiger partial charge is 0.360 e. The van der Waals surface area contributed by atoms with Gasteiger partial charge in [0.25, 0.3) is 0 Å². The number of H-pyrrole nitrogens is 1. The zero-order valence-corrected chi connectivity index (χ0v) is 8.68. The van der Waals surface area contributed by atoms with Crippen LogP contribution in [0.1, 0.15) is 12.0 Å². The lowest BCUT2D eigenvalue weighted by Gasteiger charge is -2.12. The summed E-state index contributed by atoms with van der Waals surface area (Å²) in [6.07, 6.45) is 4.86. The molecule has 3 heteroatoms. The van der Waals surface area contributed by atoms with Crippen LogP contribution in [0.25, 0.3) is 16.5 Å². The SMILES string of the molecule is Fc1ccc2c(C3=C[C]NCC3)c[nH]c2c1. The summed E-state index contributed by atoms with van der Waals surface area (Å²) in [4.78, 5) is 3.10. The lowest BCUT2D eigenvalue weighted by molar-refractivity contribution is 0.629. The predicted molar refractivity (Wildman–Crippen MR) is 62.1 cm³/mol. The van der Waals surface area contributed by atoms with Crippen molar-refractivity contribution in [1.82, 2.24) is 10.3 Å². The van der Waals surface area contributed by atoms with Crippen molar-refractivity contribution >= 4 is 16.5 Å². The molecule has 0 spiro atoms. The van der Waals surface area contributed by atoms with Crippen molar-refractivity contribution in [3.8, 4) is 0 Å². The van der Waals surface area contributed by atoms with Crippen LogP contribution in [0, 0.1) is 12.4 Å². The Labute approximate surface area is 93.2 Å². The Morgan fingerprint density at radius 2 is 2.25 bits per heavy atom. The third-order valence-electron chi connectivity index (χ3n) is 2.86. The van der Waals surface area contributed by atoms with Crippen molar-refractivity contribution in [2.75, 3.05) is 6.54 Å². The normalized spacial score (nSPS) is 16.4. The summed E-state index contributed by atoms with van der Waals surface area (Å²) in [6, 6.07) is 4.84. The number of hydrogen-bond acceptors (Lipinski definition) is 1. The van der Waals surface area contributed by atoms with Gasteiger partial charge in [0.1, 0.15) is 5.82 Å². The number of fused-ring (bicyclic) bond motifs is 1. The van der Waals surface area contributed by atoms with Gasteiger partial charge in [0, 0.05) is 29.2 Å². The van der Waals surface area contributed by atoms with Crippen LogP contribution in [0.4, 0.5) is 4.39 Å². The maximum absolute atomic E-state index is 13.0. The van der Waals surface area contributed by atoms with Gasteiger partial charge in [0.2, 0.25) is 0 Å². The Bertz CT molecular complexity index is 554. The first-order chi connectivity index (χ1) is 7.84. The molecule has 80 valence electrons. The van der Waals surface area contributed by atoms with E-state index in [9.17, 15) is 4.39 Å². The second kappa shape index (κ2) is 3.76. The van der Waals surface area contributed by atoms with Crippen molar-refractivity contribution in [2.45, 2.75) is 6.42 Å². The zero-order valence-electron chi connectivity index (χ0n) is 8.68. The number of halogens is 1. The molecular formula is C13H11FN2. The zero-order chi connectivity index (χ0) is 11.0. The summed E-state index contributed by atoms with van der Waals surface area (Å²) in [5.41, 5.74) is 3.22. The Morgan fingerprint density at radius 3 is 3.06 bits per heavy atom. The minimum absolute atomic E-state index is 0.210. The van der Waals surface area contributed by atoms with Crippen LogP contribution in [-0.4, -0.2) is 11.5 Å². The van der Waals surface area contributed by atoms with Gasteiger partial charge < -0.3 is 10.3 Å². The first-order valence-corrected chi connectivity index (χ1v) is 5.29. The third kappa shape index (κ3) is 1.53. The van der Waals surface area contributed by atoms with Crippen LogP contribution in [0.15, 0.2) is 30.5 Å². The van der Waals surface area contributed by atoms with E-state index in [-0.39, 0.29) is 5.82 Å². The monoisotopic (exact) mass is 214 g/mol. The molecule has 0 unspecified atom stereocenters. The van der Waals surface area contributed by atoms with Gasteiger partial charge >= 0.3 is 0 Å². The molecule has 16 heavy (non-hydrogen) atoms. The van der Waals surface area contributed by atoms with Gasteiger partial charge in [-0.05, 0) is 30.2 Å². The maximum atomic E-state index is 13.0. The van der Waals surface area contributed by atoms with E-state index in [2.05, 4.69) is 16.8 Å². The van der Waals surface area contributed by atoms with Crippen LogP contribution in [-0.2, 0) is 0 Å². The maximum Gasteiger partial charge on any atom is 0.125 e. The summed E-state index contributed by atoms with van der Waals surface area (Å²) >= 11 is 0. The first-order valence-electron chi connectivity index (χ1n) is 5.29. The van der Waals surface area contributed by atoms with E-state index < -0.39 is 0 Å². The molecule has 1 aromatic heterocycles. The van der Waals surface area contributed by atoms with Gasteiger partial charge in [-0.2, -0.15) is 0 Å². The highest BCUT2D eigenvalue weighted by molar-refractivity contribution is 5.93. The molecule has 2 aromatic rings. The van der Waals surface area contributed by atoms with E-state index in [0.717, 1.165) is 29.4 Å². The molecule has 0 saturated carbocycles. The fourth-order valence-electron chi connectivity index (χ4n) is 2.06. The molecule has 0 bridgehead atoms. The molecule has 1 aliphatic rings. The molecule has 1 aromatic carbocycles. The second-order valence-electron chi connectivity index (χ2n) is 3.88. The highest BCUT2D eigenvalue weighted by Gasteiger charge is 2.11. The first kappa shape index (κ1) is 9.60. The van der Waals surface area contributed by atoms with Gasteiger partial charge in [-0.3, -0.25) is 0 Å². The van der Waals surface area contributed by atoms with Crippen LogP contribution in [0.2, 0.25) is 0 Å². The van der Waals surface area contributed by atoms with Gasteiger partial charge in [0.05, 0.1) is 6.54 Å². The quantitative estimate of drug-likeness (QED) is 0.750. The Balaban J connectivity index is 2.13. The molecule has 0 aliphatic carbocycles. The fourth-order valence-corrected chi connectivity index (χ4v) is 2.06. The Hall–Kier alpha value is -1.61. The minimum Gasteiger partial charge on any atom is -0.360 e.